The lowest BCUT2D eigenvalue weighted by atomic mass is 10.2. The van der Waals surface area contributed by atoms with Crippen LogP contribution in [-0.4, -0.2) is 44.1 Å². The molecule has 2 aromatic rings. The average molecular weight is 390 g/mol. The average Bonchev–Trinajstić information content (AvgIpc) is 2.86. The van der Waals surface area contributed by atoms with Crippen LogP contribution in [0.5, 0.6) is 0 Å². The summed E-state index contributed by atoms with van der Waals surface area (Å²) in [7, 11) is -3.60. The second kappa shape index (κ2) is 6.55. The molecule has 3 rings (SSSR count). The van der Waals surface area contributed by atoms with Crippen molar-refractivity contribution in [2.24, 2.45) is 0 Å². The monoisotopic (exact) mass is 389 g/mol. The molecule has 0 N–H and O–H groups in total. The molecule has 1 fully saturated rings. The van der Waals surface area contributed by atoms with Gasteiger partial charge in [0, 0.05) is 41.9 Å². The number of sulfonamides is 1. The minimum atomic E-state index is -3.60. The highest BCUT2D eigenvalue weighted by molar-refractivity contribution is 7.89. The van der Waals surface area contributed by atoms with Crippen molar-refractivity contribution in [1.29, 1.82) is 0 Å². The lowest BCUT2D eigenvalue weighted by Gasteiger charge is -2.35. The van der Waals surface area contributed by atoms with Crippen LogP contribution in [-0.2, 0) is 10.0 Å². The summed E-state index contributed by atoms with van der Waals surface area (Å²) < 4.78 is 32.1. The summed E-state index contributed by atoms with van der Waals surface area (Å²) in [6, 6.07) is 5.32. The topological polar surface area (TPSA) is 66.7 Å². The van der Waals surface area contributed by atoms with Gasteiger partial charge in [-0.05, 0) is 32.0 Å². The first-order chi connectivity index (χ1) is 11.3. The molecule has 0 saturated carbocycles. The van der Waals surface area contributed by atoms with E-state index in [1.165, 1.54) is 4.31 Å². The van der Waals surface area contributed by atoms with E-state index in [1.807, 2.05) is 12.1 Å². The molecule has 1 aromatic heterocycles. The molecule has 1 aliphatic rings. The minimum absolute atomic E-state index is 0.168. The summed E-state index contributed by atoms with van der Waals surface area (Å²) in [5, 5.41) is 4.86. The Bertz CT molecular complexity index is 819. The van der Waals surface area contributed by atoms with Crippen molar-refractivity contribution in [3.05, 3.63) is 39.7 Å². The number of hydrogen-bond acceptors (Lipinski definition) is 5. The molecule has 1 aliphatic heterocycles. The van der Waals surface area contributed by atoms with Crippen LogP contribution in [0, 0.1) is 13.8 Å². The molecule has 1 aromatic carbocycles. The number of anilines is 1. The highest BCUT2D eigenvalue weighted by atomic mass is 35.5. The molecule has 0 unspecified atom stereocenters. The Morgan fingerprint density at radius 2 is 1.62 bits per heavy atom. The largest absolute Gasteiger partial charge is 0.369 e. The van der Waals surface area contributed by atoms with Gasteiger partial charge in [-0.25, -0.2) is 8.42 Å². The van der Waals surface area contributed by atoms with E-state index in [-0.39, 0.29) is 4.90 Å². The van der Waals surface area contributed by atoms with Gasteiger partial charge in [0.25, 0.3) is 0 Å². The molecule has 130 valence electrons. The Morgan fingerprint density at radius 3 is 2.12 bits per heavy atom. The van der Waals surface area contributed by atoms with Gasteiger partial charge in [-0.15, -0.1) is 0 Å². The normalized spacial score (nSPS) is 16.6. The molecule has 0 spiro atoms. The van der Waals surface area contributed by atoms with Crippen LogP contribution >= 0.6 is 23.2 Å². The SMILES string of the molecule is Cc1noc(C)c1S(=O)(=O)N1CCN(c2cc(Cl)cc(Cl)c2)CC1. The Hall–Kier alpha value is -1.28. The van der Waals surface area contributed by atoms with Gasteiger partial charge in [0.2, 0.25) is 10.0 Å². The van der Waals surface area contributed by atoms with Gasteiger partial charge in [0.05, 0.1) is 0 Å². The zero-order chi connectivity index (χ0) is 17.5. The predicted octanol–water partition coefficient (Wildman–Crippen LogP) is 3.11. The second-order valence-electron chi connectivity index (χ2n) is 5.67. The molecule has 6 nitrogen and oxygen atoms in total. The number of nitrogens with zero attached hydrogens (tertiary/aromatic N) is 3. The predicted molar refractivity (Wildman–Crippen MR) is 93.4 cm³/mol. The smallest absolute Gasteiger partial charge is 0.248 e. The van der Waals surface area contributed by atoms with Gasteiger partial charge < -0.3 is 9.42 Å². The first-order valence-electron chi connectivity index (χ1n) is 7.43. The van der Waals surface area contributed by atoms with Crippen molar-refractivity contribution < 1.29 is 12.9 Å². The highest BCUT2D eigenvalue weighted by Gasteiger charge is 2.33. The maximum atomic E-state index is 12.8. The van der Waals surface area contributed by atoms with E-state index in [0.29, 0.717) is 47.7 Å². The van der Waals surface area contributed by atoms with Crippen molar-refractivity contribution in [2.75, 3.05) is 31.1 Å². The van der Waals surface area contributed by atoms with E-state index < -0.39 is 10.0 Å². The number of rotatable bonds is 3. The molecule has 0 bridgehead atoms. The summed E-state index contributed by atoms with van der Waals surface area (Å²) in [4.78, 5) is 2.23. The lowest BCUT2D eigenvalue weighted by molar-refractivity contribution is 0.378. The van der Waals surface area contributed by atoms with Gasteiger partial charge in [0.1, 0.15) is 10.6 Å². The van der Waals surface area contributed by atoms with E-state index >= 15 is 0 Å². The van der Waals surface area contributed by atoms with Crippen LogP contribution in [0.15, 0.2) is 27.6 Å². The maximum Gasteiger partial charge on any atom is 0.248 e. The van der Waals surface area contributed by atoms with Crippen molar-refractivity contribution in [2.45, 2.75) is 18.7 Å². The molecule has 0 amide bonds. The van der Waals surface area contributed by atoms with E-state index in [9.17, 15) is 8.42 Å². The Kier molecular flexibility index (Phi) is 4.79. The molecule has 0 radical (unpaired) electrons. The molecule has 0 atom stereocenters. The third-order valence-electron chi connectivity index (χ3n) is 4.02. The first kappa shape index (κ1) is 17.5. The fourth-order valence-electron chi connectivity index (χ4n) is 2.88. The van der Waals surface area contributed by atoms with Gasteiger partial charge in [-0.2, -0.15) is 4.31 Å². The Balaban J connectivity index is 1.77. The van der Waals surface area contributed by atoms with Crippen molar-refractivity contribution in [1.82, 2.24) is 9.46 Å². The quantitative estimate of drug-likeness (QED) is 0.806. The number of aromatic nitrogens is 1. The van der Waals surface area contributed by atoms with Crippen molar-refractivity contribution >= 4 is 38.9 Å². The zero-order valence-electron chi connectivity index (χ0n) is 13.3. The fourth-order valence-corrected chi connectivity index (χ4v) is 5.11. The van der Waals surface area contributed by atoms with Crippen molar-refractivity contribution in [3.8, 4) is 0 Å². The van der Waals surface area contributed by atoms with Crippen LogP contribution in [0.4, 0.5) is 5.69 Å². The van der Waals surface area contributed by atoms with Gasteiger partial charge in [0.15, 0.2) is 5.76 Å². The number of benzene rings is 1. The third kappa shape index (κ3) is 3.26. The van der Waals surface area contributed by atoms with Crippen LogP contribution in [0.1, 0.15) is 11.5 Å². The molecular weight excluding hydrogens is 373 g/mol. The highest BCUT2D eigenvalue weighted by Crippen LogP contribution is 2.28. The number of piperazine rings is 1. The van der Waals surface area contributed by atoms with E-state index in [2.05, 4.69) is 10.1 Å². The van der Waals surface area contributed by atoms with E-state index in [1.54, 1.807) is 19.9 Å². The van der Waals surface area contributed by atoms with Gasteiger partial charge in [-0.1, -0.05) is 28.4 Å². The van der Waals surface area contributed by atoms with Crippen LogP contribution in [0.2, 0.25) is 10.0 Å². The van der Waals surface area contributed by atoms with Gasteiger partial charge >= 0.3 is 0 Å². The Labute approximate surface area is 151 Å². The van der Waals surface area contributed by atoms with E-state index in [0.717, 1.165) is 5.69 Å². The molecule has 0 aliphatic carbocycles. The number of aryl methyl sites for hydroxylation is 2. The number of hydrogen-bond donors (Lipinski definition) is 0. The number of halogens is 2. The van der Waals surface area contributed by atoms with Gasteiger partial charge in [-0.3, -0.25) is 0 Å². The molecule has 1 saturated heterocycles. The third-order valence-corrected chi connectivity index (χ3v) is 6.60. The molecule has 9 heteroatoms. The summed E-state index contributed by atoms with van der Waals surface area (Å²) in [5.74, 6) is 0.316. The summed E-state index contributed by atoms with van der Waals surface area (Å²) in [6.45, 7) is 5.09. The maximum absolute atomic E-state index is 12.8. The van der Waals surface area contributed by atoms with E-state index in [4.69, 9.17) is 27.7 Å². The summed E-state index contributed by atoms with van der Waals surface area (Å²) >= 11 is 12.1. The first-order valence-corrected chi connectivity index (χ1v) is 9.62. The Morgan fingerprint density at radius 1 is 1.04 bits per heavy atom. The lowest BCUT2D eigenvalue weighted by Crippen LogP contribution is -2.48. The molecular formula is C15H17Cl2N3O3S. The zero-order valence-corrected chi connectivity index (χ0v) is 15.6. The summed E-state index contributed by atoms with van der Waals surface area (Å²) in [6.07, 6.45) is 0. The fraction of sp³-hybridized carbons (Fsp3) is 0.400. The molecule has 24 heavy (non-hydrogen) atoms. The minimum Gasteiger partial charge on any atom is -0.369 e. The van der Waals surface area contributed by atoms with Crippen molar-refractivity contribution in [3.63, 3.8) is 0 Å². The standard InChI is InChI=1S/C15H17Cl2N3O3S/c1-10-15(11(2)23-18-10)24(21,22)20-5-3-19(4-6-20)14-8-12(16)7-13(17)9-14/h7-9H,3-6H2,1-2H3. The van der Waals surface area contributed by atoms with Crippen LogP contribution in [0.3, 0.4) is 0 Å². The molecule has 2 heterocycles. The summed E-state index contributed by atoms with van der Waals surface area (Å²) in [5.41, 5.74) is 1.28. The van der Waals surface area contributed by atoms with Crippen LogP contribution in [0.25, 0.3) is 0 Å². The second-order valence-corrected chi connectivity index (χ2v) is 8.42. The van der Waals surface area contributed by atoms with Crippen LogP contribution < -0.4 is 4.90 Å².